The normalized spacial score (nSPS) is 15.5. The number of hydrogen-bond acceptors (Lipinski definition) is 4. The van der Waals surface area contributed by atoms with Gasteiger partial charge in [0.05, 0.1) is 14.2 Å². The third-order valence-corrected chi connectivity index (χ3v) is 4.18. The molecule has 0 aliphatic heterocycles. The molecule has 126 valence electrons. The number of carbonyl (C=O) groups is 1. The van der Waals surface area contributed by atoms with Gasteiger partial charge in [0.25, 0.3) is 0 Å². The van der Waals surface area contributed by atoms with Gasteiger partial charge >= 0.3 is 6.09 Å². The van der Waals surface area contributed by atoms with Gasteiger partial charge in [-0.3, -0.25) is 0 Å². The van der Waals surface area contributed by atoms with E-state index in [2.05, 4.69) is 5.32 Å². The molecule has 1 aliphatic carbocycles. The second-order valence-electron chi connectivity index (χ2n) is 5.78. The molecule has 1 atom stereocenters. The number of hydrogen-bond donors (Lipinski definition) is 1. The molecular weight excluding hydrogens is 306 g/mol. The van der Waals surface area contributed by atoms with Crippen molar-refractivity contribution in [3.05, 3.63) is 59.2 Å². The highest BCUT2D eigenvalue weighted by Crippen LogP contribution is 2.34. The highest BCUT2D eigenvalue weighted by atomic mass is 16.5. The number of fused-ring (bicyclic) bond motifs is 1. The third kappa shape index (κ3) is 3.62. The summed E-state index contributed by atoms with van der Waals surface area (Å²) < 4.78 is 16.0. The maximum absolute atomic E-state index is 12.0. The lowest BCUT2D eigenvalue weighted by Crippen LogP contribution is -2.35. The highest BCUT2D eigenvalue weighted by Gasteiger charge is 2.27. The maximum Gasteiger partial charge on any atom is 0.407 e. The van der Waals surface area contributed by atoms with E-state index in [1.807, 2.05) is 42.5 Å². The Labute approximate surface area is 141 Å². The lowest BCUT2D eigenvalue weighted by atomic mass is 10.1. The minimum atomic E-state index is -0.400. The smallest absolute Gasteiger partial charge is 0.407 e. The lowest BCUT2D eigenvalue weighted by molar-refractivity contribution is 0.136. The van der Waals surface area contributed by atoms with E-state index in [0.717, 1.165) is 41.0 Å². The van der Waals surface area contributed by atoms with E-state index in [4.69, 9.17) is 14.2 Å². The van der Waals surface area contributed by atoms with E-state index >= 15 is 0 Å². The first-order valence-corrected chi connectivity index (χ1v) is 7.90. The SMILES string of the molecule is COc1cc2c(c(OC)c1)CC(NC(=O)OCc1ccccc1)C2. The minimum absolute atomic E-state index is 0.00396. The predicted octanol–water partition coefficient (Wildman–Crippen LogP) is 3.10. The molecule has 0 fully saturated rings. The number of alkyl carbamates (subject to hydrolysis) is 1. The number of amides is 1. The van der Waals surface area contributed by atoms with Gasteiger partial charge in [-0.05, 0) is 35.6 Å². The van der Waals surface area contributed by atoms with Crippen molar-refractivity contribution in [2.45, 2.75) is 25.5 Å². The minimum Gasteiger partial charge on any atom is -0.497 e. The van der Waals surface area contributed by atoms with Crippen LogP contribution in [0.4, 0.5) is 4.79 Å². The summed E-state index contributed by atoms with van der Waals surface area (Å²) in [5.74, 6) is 1.56. The topological polar surface area (TPSA) is 56.8 Å². The molecule has 2 aromatic rings. The van der Waals surface area contributed by atoms with Crippen molar-refractivity contribution in [1.82, 2.24) is 5.32 Å². The number of ether oxygens (including phenoxy) is 3. The summed E-state index contributed by atoms with van der Waals surface area (Å²) in [7, 11) is 3.27. The molecule has 1 aliphatic rings. The summed E-state index contributed by atoms with van der Waals surface area (Å²) >= 11 is 0. The molecule has 0 bridgehead atoms. The van der Waals surface area contributed by atoms with Gasteiger partial charge in [0, 0.05) is 12.1 Å². The first-order chi connectivity index (χ1) is 11.7. The van der Waals surface area contributed by atoms with Gasteiger partial charge in [0.1, 0.15) is 18.1 Å². The Hall–Kier alpha value is -2.69. The molecule has 24 heavy (non-hydrogen) atoms. The fraction of sp³-hybridized carbons (Fsp3) is 0.316. The van der Waals surface area contributed by atoms with Gasteiger partial charge < -0.3 is 19.5 Å². The quantitative estimate of drug-likeness (QED) is 0.917. The Morgan fingerprint density at radius 2 is 1.92 bits per heavy atom. The van der Waals surface area contributed by atoms with Crippen molar-refractivity contribution < 1.29 is 19.0 Å². The molecule has 0 aromatic heterocycles. The first-order valence-electron chi connectivity index (χ1n) is 7.90. The molecular formula is C19H21NO4. The van der Waals surface area contributed by atoms with Crippen LogP contribution < -0.4 is 14.8 Å². The largest absolute Gasteiger partial charge is 0.497 e. The van der Waals surface area contributed by atoms with Gasteiger partial charge in [0.2, 0.25) is 0 Å². The van der Waals surface area contributed by atoms with Gasteiger partial charge in [0.15, 0.2) is 0 Å². The molecule has 2 aromatic carbocycles. The zero-order valence-electron chi connectivity index (χ0n) is 13.9. The summed E-state index contributed by atoms with van der Waals surface area (Å²) in [6.07, 6.45) is 1.06. The van der Waals surface area contributed by atoms with Crippen LogP contribution >= 0.6 is 0 Å². The van der Waals surface area contributed by atoms with E-state index in [1.54, 1.807) is 14.2 Å². The Bertz CT molecular complexity index is 715. The second kappa shape index (κ2) is 7.25. The van der Waals surface area contributed by atoms with Gasteiger partial charge in [-0.2, -0.15) is 0 Å². The molecule has 1 N–H and O–H groups in total. The van der Waals surface area contributed by atoms with Gasteiger partial charge in [-0.1, -0.05) is 30.3 Å². The summed E-state index contributed by atoms with van der Waals surface area (Å²) in [5, 5.41) is 2.93. The molecule has 3 rings (SSSR count). The van der Waals surface area contributed by atoms with Crippen molar-refractivity contribution in [2.75, 3.05) is 14.2 Å². The molecule has 0 radical (unpaired) electrons. The molecule has 5 nitrogen and oxygen atoms in total. The zero-order chi connectivity index (χ0) is 16.9. The zero-order valence-corrected chi connectivity index (χ0v) is 13.9. The summed E-state index contributed by atoms with van der Waals surface area (Å²) in [5.41, 5.74) is 3.22. The molecule has 1 unspecified atom stereocenters. The van der Waals surface area contributed by atoms with Gasteiger partial charge in [-0.15, -0.1) is 0 Å². The number of methoxy groups -OCH3 is 2. The summed E-state index contributed by atoms with van der Waals surface area (Å²) in [6.45, 7) is 0.267. The fourth-order valence-electron chi connectivity index (χ4n) is 3.01. The van der Waals surface area contributed by atoms with Crippen LogP contribution in [0.2, 0.25) is 0 Å². The number of carbonyl (C=O) groups excluding carboxylic acids is 1. The van der Waals surface area contributed by atoms with Crippen LogP contribution in [0.1, 0.15) is 16.7 Å². The molecule has 1 amide bonds. The van der Waals surface area contributed by atoms with Crippen LogP contribution in [-0.4, -0.2) is 26.4 Å². The van der Waals surface area contributed by atoms with Crippen LogP contribution in [0.5, 0.6) is 11.5 Å². The average Bonchev–Trinajstić information content (AvgIpc) is 3.02. The van der Waals surface area contributed by atoms with Crippen LogP contribution in [0.25, 0.3) is 0 Å². The van der Waals surface area contributed by atoms with Crippen molar-refractivity contribution in [1.29, 1.82) is 0 Å². The molecule has 0 saturated heterocycles. The molecule has 0 saturated carbocycles. The van der Waals surface area contributed by atoms with Crippen molar-refractivity contribution in [3.8, 4) is 11.5 Å². The van der Waals surface area contributed by atoms with E-state index in [0.29, 0.717) is 0 Å². The third-order valence-electron chi connectivity index (χ3n) is 4.18. The van der Waals surface area contributed by atoms with E-state index in [-0.39, 0.29) is 12.6 Å². The fourth-order valence-corrected chi connectivity index (χ4v) is 3.01. The monoisotopic (exact) mass is 327 g/mol. The Morgan fingerprint density at radius 3 is 2.62 bits per heavy atom. The van der Waals surface area contributed by atoms with Crippen molar-refractivity contribution in [3.63, 3.8) is 0 Å². The predicted molar refractivity (Wildman–Crippen MR) is 90.5 cm³/mol. The van der Waals surface area contributed by atoms with E-state index in [1.165, 1.54) is 0 Å². The molecule has 0 spiro atoms. The van der Waals surface area contributed by atoms with E-state index in [9.17, 15) is 4.79 Å². The Kier molecular flexibility index (Phi) is 4.89. The van der Waals surface area contributed by atoms with Crippen molar-refractivity contribution in [2.24, 2.45) is 0 Å². The van der Waals surface area contributed by atoms with Gasteiger partial charge in [-0.25, -0.2) is 4.79 Å². The Balaban J connectivity index is 1.58. The lowest BCUT2D eigenvalue weighted by Gasteiger charge is -2.12. The van der Waals surface area contributed by atoms with E-state index < -0.39 is 6.09 Å². The second-order valence-corrected chi connectivity index (χ2v) is 5.78. The number of rotatable bonds is 5. The molecule has 0 heterocycles. The van der Waals surface area contributed by atoms with Crippen LogP contribution in [0, 0.1) is 0 Å². The molecule has 5 heteroatoms. The maximum atomic E-state index is 12.0. The van der Waals surface area contributed by atoms with Crippen LogP contribution in [0.3, 0.4) is 0 Å². The first kappa shape index (κ1) is 16.2. The summed E-state index contributed by atoms with van der Waals surface area (Å²) in [6, 6.07) is 13.5. The summed E-state index contributed by atoms with van der Waals surface area (Å²) in [4.78, 5) is 12.0. The van der Waals surface area contributed by atoms with Crippen LogP contribution in [-0.2, 0) is 24.2 Å². The standard InChI is InChI=1S/C19H21NO4/c1-22-16-9-14-8-15(10-17(14)18(11-16)23-2)20-19(21)24-12-13-6-4-3-5-7-13/h3-7,9,11,15H,8,10,12H2,1-2H3,(H,20,21). The number of benzene rings is 2. The van der Waals surface area contributed by atoms with Crippen LogP contribution in [0.15, 0.2) is 42.5 Å². The highest BCUT2D eigenvalue weighted by molar-refractivity contribution is 5.68. The number of nitrogens with one attached hydrogen (secondary N) is 1. The van der Waals surface area contributed by atoms with Crippen molar-refractivity contribution >= 4 is 6.09 Å². The average molecular weight is 327 g/mol. The Morgan fingerprint density at radius 1 is 1.12 bits per heavy atom.